The molecule has 0 bridgehead atoms. The number of rotatable bonds is 4. The Kier molecular flexibility index (Phi) is 3.45. The second-order valence-electron chi connectivity index (χ2n) is 5.38. The van der Waals surface area contributed by atoms with Gasteiger partial charge in [0.2, 0.25) is 0 Å². The Hall–Kier alpha value is -0.370. The Labute approximate surface area is 92.1 Å². The maximum Gasteiger partial charge on any atom is 0.136 e. The molecule has 2 rings (SSSR count). The van der Waals surface area contributed by atoms with Gasteiger partial charge in [0.15, 0.2) is 0 Å². The molecule has 0 saturated heterocycles. The molecule has 0 unspecified atom stereocenters. The highest BCUT2D eigenvalue weighted by Crippen LogP contribution is 2.34. The molecule has 2 aliphatic rings. The van der Waals surface area contributed by atoms with Gasteiger partial charge in [-0.1, -0.05) is 25.7 Å². The van der Waals surface area contributed by atoms with Crippen LogP contribution in [0.15, 0.2) is 0 Å². The van der Waals surface area contributed by atoms with E-state index in [0.717, 1.165) is 38.5 Å². The molecule has 2 heteroatoms. The van der Waals surface area contributed by atoms with Crippen molar-refractivity contribution in [1.29, 1.82) is 0 Å². The molecule has 0 aromatic carbocycles. The van der Waals surface area contributed by atoms with Gasteiger partial charge >= 0.3 is 0 Å². The molecule has 2 aliphatic carbocycles. The van der Waals surface area contributed by atoms with E-state index >= 15 is 0 Å². The average Bonchev–Trinajstić information content (AvgIpc) is 2.85. The van der Waals surface area contributed by atoms with E-state index in [4.69, 9.17) is 0 Å². The average molecular weight is 210 g/mol. The lowest BCUT2D eigenvalue weighted by atomic mass is 9.90. The zero-order valence-corrected chi connectivity index (χ0v) is 9.50. The van der Waals surface area contributed by atoms with Crippen molar-refractivity contribution < 1.29 is 9.90 Å². The summed E-state index contributed by atoms with van der Waals surface area (Å²) in [6, 6.07) is 0. The number of carbonyl (C=O) groups is 1. The summed E-state index contributed by atoms with van der Waals surface area (Å²) in [5.74, 6) is 0.739. The number of aliphatic hydroxyl groups is 1. The molecule has 2 fully saturated rings. The smallest absolute Gasteiger partial charge is 0.136 e. The van der Waals surface area contributed by atoms with Crippen molar-refractivity contribution in [3.8, 4) is 0 Å². The Balaban J connectivity index is 1.74. The molecule has 0 spiro atoms. The van der Waals surface area contributed by atoms with Gasteiger partial charge in [0.25, 0.3) is 0 Å². The zero-order chi connectivity index (χ0) is 10.7. The SMILES string of the molecule is O=C(CCC1(O)CCCC1)C1CCCC1. The van der Waals surface area contributed by atoms with E-state index in [1.165, 1.54) is 12.8 Å². The highest BCUT2D eigenvalue weighted by molar-refractivity contribution is 5.81. The highest BCUT2D eigenvalue weighted by atomic mass is 16.3. The summed E-state index contributed by atoms with van der Waals surface area (Å²) >= 11 is 0. The predicted octanol–water partition coefficient (Wildman–Crippen LogP) is 2.83. The molecule has 2 saturated carbocycles. The molecule has 0 heterocycles. The fourth-order valence-corrected chi connectivity index (χ4v) is 3.09. The summed E-state index contributed by atoms with van der Waals surface area (Å²) in [5, 5.41) is 10.1. The Morgan fingerprint density at radius 1 is 1.13 bits per heavy atom. The minimum absolute atomic E-state index is 0.329. The van der Waals surface area contributed by atoms with Crippen LogP contribution in [0.1, 0.15) is 64.2 Å². The van der Waals surface area contributed by atoms with Gasteiger partial charge in [0.1, 0.15) is 5.78 Å². The molecule has 0 amide bonds. The largest absolute Gasteiger partial charge is 0.390 e. The summed E-state index contributed by atoms with van der Waals surface area (Å²) in [6.07, 6.45) is 10.0. The van der Waals surface area contributed by atoms with Crippen molar-refractivity contribution in [2.24, 2.45) is 5.92 Å². The minimum atomic E-state index is -0.492. The molecule has 86 valence electrons. The van der Waals surface area contributed by atoms with Gasteiger partial charge in [-0.3, -0.25) is 4.79 Å². The zero-order valence-electron chi connectivity index (χ0n) is 9.50. The highest BCUT2D eigenvalue weighted by Gasteiger charge is 2.32. The van der Waals surface area contributed by atoms with E-state index < -0.39 is 5.60 Å². The van der Waals surface area contributed by atoms with Crippen LogP contribution in [-0.4, -0.2) is 16.5 Å². The van der Waals surface area contributed by atoms with Gasteiger partial charge in [-0.2, -0.15) is 0 Å². The first-order chi connectivity index (χ1) is 7.20. The van der Waals surface area contributed by atoms with E-state index in [0.29, 0.717) is 24.5 Å². The van der Waals surface area contributed by atoms with Crippen molar-refractivity contribution in [3.63, 3.8) is 0 Å². The second kappa shape index (κ2) is 4.65. The van der Waals surface area contributed by atoms with E-state index in [1.807, 2.05) is 0 Å². The molecular weight excluding hydrogens is 188 g/mol. The van der Waals surface area contributed by atoms with Crippen molar-refractivity contribution in [1.82, 2.24) is 0 Å². The van der Waals surface area contributed by atoms with Crippen LogP contribution in [0.3, 0.4) is 0 Å². The fraction of sp³-hybridized carbons (Fsp3) is 0.923. The third-order valence-corrected chi connectivity index (χ3v) is 4.18. The van der Waals surface area contributed by atoms with E-state index in [9.17, 15) is 9.90 Å². The van der Waals surface area contributed by atoms with Gasteiger partial charge in [0, 0.05) is 12.3 Å². The van der Waals surface area contributed by atoms with Crippen LogP contribution >= 0.6 is 0 Å². The quantitative estimate of drug-likeness (QED) is 0.774. The summed E-state index contributed by atoms with van der Waals surface area (Å²) < 4.78 is 0. The molecule has 0 radical (unpaired) electrons. The van der Waals surface area contributed by atoms with Gasteiger partial charge in [-0.05, 0) is 32.1 Å². The Bertz CT molecular complexity index is 223. The van der Waals surface area contributed by atoms with E-state index in [1.54, 1.807) is 0 Å². The first-order valence-electron chi connectivity index (χ1n) is 6.45. The van der Waals surface area contributed by atoms with Gasteiger partial charge < -0.3 is 5.11 Å². The monoisotopic (exact) mass is 210 g/mol. The Morgan fingerprint density at radius 3 is 2.33 bits per heavy atom. The number of hydrogen-bond donors (Lipinski definition) is 1. The van der Waals surface area contributed by atoms with Crippen molar-refractivity contribution in [2.75, 3.05) is 0 Å². The summed E-state index contributed by atoms with van der Waals surface area (Å²) in [5.41, 5.74) is -0.492. The first kappa shape index (κ1) is 11.1. The molecule has 1 N–H and O–H groups in total. The molecule has 0 aromatic rings. The number of hydrogen-bond acceptors (Lipinski definition) is 2. The van der Waals surface area contributed by atoms with Crippen LogP contribution in [0.4, 0.5) is 0 Å². The molecule has 0 aromatic heterocycles. The fourth-order valence-electron chi connectivity index (χ4n) is 3.09. The van der Waals surface area contributed by atoms with Crippen LogP contribution in [0, 0.1) is 5.92 Å². The maximum absolute atomic E-state index is 11.8. The lowest BCUT2D eigenvalue weighted by molar-refractivity contribution is -0.124. The minimum Gasteiger partial charge on any atom is -0.390 e. The molecular formula is C13H22O2. The van der Waals surface area contributed by atoms with Crippen molar-refractivity contribution in [3.05, 3.63) is 0 Å². The lowest BCUT2D eigenvalue weighted by Crippen LogP contribution is -2.26. The van der Waals surface area contributed by atoms with Crippen LogP contribution in [-0.2, 0) is 4.79 Å². The van der Waals surface area contributed by atoms with Crippen LogP contribution < -0.4 is 0 Å². The van der Waals surface area contributed by atoms with Gasteiger partial charge in [-0.15, -0.1) is 0 Å². The molecule has 15 heavy (non-hydrogen) atoms. The predicted molar refractivity (Wildman–Crippen MR) is 59.6 cm³/mol. The Morgan fingerprint density at radius 2 is 1.73 bits per heavy atom. The van der Waals surface area contributed by atoms with Crippen LogP contribution in [0.5, 0.6) is 0 Å². The topological polar surface area (TPSA) is 37.3 Å². The second-order valence-corrected chi connectivity index (χ2v) is 5.38. The van der Waals surface area contributed by atoms with Crippen molar-refractivity contribution >= 4 is 5.78 Å². The third kappa shape index (κ3) is 2.81. The van der Waals surface area contributed by atoms with Gasteiger partial charge in [-0.25, -0.2) is 0 Å². The third-order valence-electron chi connectivity index (χ3n) is 4.18. The standard InChI is InChI=1S/C13H22O2/c14-12(11-5-1-2-6-11)7-10-13(15)8-3-4-9-13/h11,15H,1-10H2. The molecule has 0 aliphatic heterocycles. The lowest BCUT2D eigenvalue weighted by Gasteiger charge is -2.22. The summed E-state index contributed by atoms with van der Waals surface area (Å²) in [4.78, 5) is 11.8. The summed E-state index contributed by atoms with van der Waals surface area (Å²) in [7, 11) is 0. The molecule has 0 atom stereocenters. The number of ketones is 1. The molecule has 2 nitrogen and oxygen atoms in total. The summed E-state index contributed by atoms with van der Waals surface area (Å²) in [6.45, 7) is 0. The van der Waals surface area contributed by atoms with Crippen LogP contribution in [0.2, 0.25) is 0 Å². The number of Topliss-reactive ketones (excluding diaryl/α,β-unsaturated/α-hetero) is 1. The van der Waals surface area contributed by atoms with Crippen molar-refractivity contribution in [2.45, 2.75) is 69.8 Å². The normalized spacial score (nSPS) is 25.9. The first-order valence-corrected chi connectivity index (χ1v) is 6.45. The van der Waals surface area contributed by atoms with E-state index in [2.05, 4.69) is 0 Å². The number of carbonyl (C=O) groups excluding carboxylic acids is 1. The maximum atomic E-state index is 11.8. The van der Waals surface area contributed by atoms with E-state index in [-0.39, 0.29) is 0 Å². The van der Waals surface area contributed by atoms with Gasteiger partial charge in [0.05, 0.1) is 5.60 Å². The van der Waals surface area contributed by atoms with Crippen LogP contribution in [0.25, 0.3) is 0 Å².